The van der Waals surface area contributed by atoms with Crippen molar-refractivity contribution in [2.24, 2.45) is 0 Å². The molecule has 0 saturated carbocycles. The first-order valence-corrected chi connectivity index (χ1v) is 7.01. The smallest absolute Gasteiger partial charge is 0.364 e. The van der Waals surface area contributed by atoms with Crippen molar-refractivity contribution in [3.05, 3.63) is 0 Å². The van der Waals surface area contributed by atoms with Crippen LogP contribution in [0, 0.1) is 0 Å². The van der Waals surface area contributed by atoms with Crippen LogP contribution < -0.4 is 0 Å². The van der Waals surface area contributed by atoms with Gasteiger partial charge in [-0.25, -0.2) is 0 Å². The van der Waals surface area contributed by atoms with Gasteiger partial charge >= 0.3 is 8.56 Å². The van der Waals surface area contributed by atoms with Crippen molar-refractivity contribution < 1.29 is 13.6 Å². The third kappa shape index (κ3) is 2.07. The lowest BCUT2D eigenvalue weighted by Crippen LogP contribution is -2.56. The van der Waals surface area contributed by atoms with Crippen molar-refractivity contribution >= 4 is 8.56 Å². The van der Waals surface area contributed by atoms with Gasteiger partial charge in [-0.2, -0.15) is 0 Å². The van der Waals surface area contributed by atoms with Crippen LogP contribution in [0.1, 0.15) is 20.3 Å². The van der Waals surface area contributed by atoms with Crippen LogP contribution in [-0.4, -0.2) is 34.1 Å². The minimum atomic E-state index is -1.99. The molecule has 1 unspecified atom stereocenters. The molecule has 0 aromatic rings. The highest BCUT2D eigenvalue weighted by atomic mass is 28.4. The zero-order chi connectivity index (χ0) is 9.03. The molecule has 72 valence electrons. The lowest BCUT2D eigenvalue weighted by Gasteiger charge is -2.38. The first-order valence-electron chi connectivity index (χ1n) is 4.62. The number of hydrogen-bond acceptors (Lipinski definition) is 3. The average Bonchev–Trinajstić information content (AvgIpc) is 1.82. The van der Waals surface area contributed by atoms with Gasteiger partial charge in [0.1, 0.15) is 5.73 Å². The highest BCUT2D eigenvalue weighted by molar-refractivity contribution is 6.67. The van der Waals surface area contributed by atoms with Gasteiger partial charge in [-0.05, 0) is 26.8 Å². The maximum Gasteiger partial charge on any atom is 0.364 e. The first kappa shape index (κ1) is 10.2. The molecule has 1 fully saturated rings. The van der Waals surface area contributed by atoms with E-state index >= 15 is 0 Å². The minimum absolute atomic E-state index is 0.261. The van der Waals surface area contributed by atoms with Gasteiger partial charge < -0.3 is 13.6 Å². The van der Waals surface area contributed by atoms with Crippen LogP contribution in [0.2, 0.25) is 6.55 Å². The molecule has 1 heterocycles. The van der Waals surface area contributed by atoms with E-state index in [1.807, 2.05) is 13.8 Å². The lowest BCUT2D eigenvalue weighted by molar-refractivity contribution is -0.0362. The highest BCUT2D eigenvalue weighted by Crippen LogP contribution is 2.24. The molecule has 0 aromatic carbocycles. The van der Waals surface area contributed by atoms with Gasteiger partial charge in [0, 0.05) is 19.8 Å². The Morgan fingerprint density at radius 1 is 1.33 bits per heavy atom. The van der Waals surface area contributed by atoms with E-state index < -0.39 is 8.56 Å². The molecule has 0 radical (unpaired) electrons. The maximum atomic E-state index is 5.67. The normalized spacial score (nSPS) is 23.8. The van der Waals surface area contributed by atoms with Gasteiger partial charge in [-0.1, -0.05) is 0 Å². The summed E-state index contributed by atoms with van der Waals surface area (Å²) < 4.78 is 16.7. The molecule has 1 atom stereocenters. The Morgan fingerprint density at radius 3 is 2.08 bits per heavy atom. The number of rotatable bonds is 5. The Balaban J connectivity index is 2.44. The summed E-state index contributed by atoms with van der Waals surface area (Å²) in [5.41, 5.74) is 0.261. The summed E-state index contributed by atoms with van der Waals surface area (Å²) in [6.07, 6.45) is 1.10. The largest absolute Gasteiger partial charge is 0.393 e. The third-order valence-corrected chi connectivity index (χ3v) is 5.49. The Hall–Kier alpha value is 0.0969. The number of ether oxygens (including phenoxy) is 1. The second-order valence-electron chi connectivity index (χ2n) is 3.03. The molecular formula is C8H18O3Si. The van der Waals surface area contributed by atoms with Crippen molar-refractivity contribution in [1.29, 1.82) is 0 Å². The van der Waals surface area contributed by atoms with Crippen LogP contribution in [0.4, 0.5) is 0 Å². The molecule has 1 aliphatic heterocycles. The molecule has 1 saturated heterocycles. The Morgan fingerprint density at radius 2 is 1.83 bits per heavy atom. The molecule has 0 amide bonds. The van der Waals surface area contributed by atoms with Gasteiger partial charge in [-0.3, -0.25) is 0 Å². The van der Waals surface area contributed by atoms with Gasteiger partial charge in [0.15, 0.2) is 0 Å². The molecular weight excluding hydrogens is 172 g/mol. The van der Waals surface area contributed by atoms with Crippen LogP contribution in [0.25, 0.3) is 0 Å². The predicted molar refractivity (Wildman–Crippen MR) is 49.2 cm³/mol. The molecule has 3 nitrogen and oxygen atoms in total. The molecule has 1 aliphatic rings. The van der Waals surface area contributed by atoms with Crippen LogP contribution >= 0.6 is 0 Å². The summed E-state index contributed by atoms with van der Waals surface area (Å²) >= 11 is 0. The van der Waals surface area contributed by atoms with E-state index in [1.54, 1.807) is 0 Å². The Bertz CT molecular complexity index is 130. The van der Waals surface area contributed by atoms with Crippen LogP contribution in [-0.2, 0) is 13.6 Å². The van der Waals surface area contributed by atoms with Gasteiger partial charge in [0.2, 0.25) is 0 Å². The maximum absolute atomic E-state index is 5.67. The second kappa shape index (κ2) is 4.37. The average molecular weight is 190 g/mol. The van der Waals surface area contributed by atoms with Crippen molar-refractivity contribution in [3.8, 4) is 0 Å². The second-order valence-corrected chi connectivity index (χ2v) is 6.28. The zero-order valence-electron chi connectivity index (χ0n) is 8.13. The third-order valence-electron chi connectivity index (χ3n) is 2.15. The lowest BCUT2D eigenvalue weighted by atomic mass is 10.4. The Kier molecular flexibility index (Phi) is 3.70. The topological polar surface area (TPSA) is 27.7 Å². The van der Waals surface area contributed by atoms with E-state index in [1.165, 1.54) is 0 Å². The Labute approximate surface area is 75.3 Å². The molecule has 4 heteroatoms. The quantitative estimate of drug-likeness (QED) is 0.614. The summed E-state index contributed by atoms with van der Waals surface area (Å²) in [7, 11) is -1.99. The molecule has 1 rings (SSSR count). The molecule has 0 aromatic heterocycles. The standard InChI is InChI=1S/C8H18O3Si/c1-4-10-12(3,11-5-2)8-6-7-9-8/h8H,4-7H2,1-3H3. The fraction of sp³-hybridized carbons (Fsp3) is 1.00. The molecule has 0 spiro atoms. The molecule has 0 N–H and O–H groups in total. The molecule has 0 aliphatic carbocycles. The first-order chi connectivity index (χ1) is 5.73. The fourth-order valence-electron chi connectivity index (χ4n) is 1.45. The fourth-order valence-corrected chi connectivity index (χ4v) is 4.11. The van der Waals surface area contributed by atoms with Gasteiger partial charge in [0.05, 0.1) is 0 Å². The summed E-state index contributed by atoms with van der Waals surface area (Å²) in [6, 6.07) is 0. The zero-order valence-corrected chi connectivity index (χ0v) is 9.13. The van der Waals surface area contributed by atoms with Crippen LogP contribution in [0.5, 0.6) is 0 Å². The number of hydrogen-bond donors (Lipinski definition) is 0. The van der Waals surface area contributed by atoms with Gasteiger partial charge in [0.25, 0.3) is 0 Å². The summed E-state index contributed by atoms with van der Waals surface area (Å²) in [6.45, 7) is 8.41. The van der Waals surface area contributed by atoms with Crippen molar-refractivity contribution in [2.45, 2.75) is 32.5 Å². The van der Waals surface area contributed by atoms with Gasteiger partial charge in [-0.15, -0.1) is 0 Å². The SMILES string of the molecule is CCO[Si](C)(OCC)C1CCO1. The predicted octanol–water partition coefficient (Wildman–Crippen LogP) is 1.46. The molecule has 0 bridgehead atoms. The van der Waals surface area contributed by atoms with E-state index in [0.29, 0.717) is 0 Å². The van der Waals surface area contributed by atoms with Crippen LogP contribution in [0.3, 0.4) is 0 Å². The van der Waals surface area contributed by atoms with E-state index in [2.05, 4.69) is 6.55 Å². The van der Waals surface area contributed by atoms with E-state index in [-0.39, 0.29) is 5.73 Å². The highest BCUT2D eigenvalue weighted by Gasteiger charge is 2.45. The van der Waals surface area contributed by atoms with Crippen LogP contribution in [0.15, 0.2) is 0 Å². The summed E-state index contributed by atoms with van der Waals surface area (Å²) in [4.78, 5) is 0. The van der Waals surface area contributed by atoms with Crippen molar-refractivity contribution in [1.82, 2.24) is 0 Å². The summed E-state index contributed by atoms with van der Waals surface area (Å²) in [5.74, 6) is 0. The van der Waals surface area contributed by atoms with Crippen molar-refractivity contribution in [2.75, 3.05) is 19.8 Å². The molecule has 12 heavy (non-hydrogen) atoms. The van der Waals surface area contributed by atoms with E-state index in [0.717, 1.165) is 26.2 Å². The minimum Gasteiger partial charge on any atom is -0.393 e. The van der Waals surface area contributed by atoms with E-state index in [4.69, 9.17) is 13.6 Å². The van der Waals surface area contributed by atoms with E-state index in [9.17, 15) is 0 Å². The van der Waals surface area contributed by atoms with Crippen molar-refractivity contribution in [3.63, 3.8) is 0 Å². The summed E-state index contributed by atoms with van der Waals surface area (Å²) in [5, 5.41) is 0. The monoisotopic (exact) mass is 190 g/mol.